The molecule has 11 heteroatoms. The number of nitro groups is 1. The van der Waals surface area contributed by atoms with Crippen LogP contribution in [0, 0.1) is 27.4 Å². The first-order valence-corrected chi connectivity index (χ1v) is 12.7. The van der Waals surface area contributed by atoms with Crippen LogP contribution in [0.2, 0.25) is 0 Å². The van der Waals surface area contributed by atoms with E-state index >= 15 is 0 Å². The number of nitrogens with one attached hydrogen (secondary N) is 2. The molecule has 182 valence electrons. The molecule has 0 radical (unpaired) electrons. The highest BCUT2D eigenvalue weighted by Gasteiger charge is 2.33. The van der Waals surface area contributed by atoms with Crippen molar-refractivity contribution in [3.63, 3.8) is 0 Å². The first-order chi connectivity index (χ1) is 16.7. The molecule has 1 aliphatic carbocycles. The van der Waals surface area contributed by atoms with Crippen LogP contribution < -0.4 is 16.0 Å². The molecule has 10 nitrogen and oxygen atoms in total. The molecular formula is C24H25N5O5S. The largest absolute Gasteiger partial charge is 0.328 e. The number of hydrogen-bond donors (Lipinski definition) is 3. The fourth-order valence-corrected chi connectivity index (χ4v) is 6.13. The molecule has 0 aliphatic heterocycles. The Hall–Kier alpha value is -3.59. The minimum absolute atomic E-state index is 0.0390. The average Bonchev–Trinajstić information content (AvgIpc) is 2.84. The van der Waals surface area contributed by atoms with Gasteiger partial charge in [-0.05, 0) is 67.7 Å². The summed E-state index contributed by atoms with van der Waals surface area (Å²) in [7, 11) is -4.25. The molecule has 1 aliphatic rings. The van der Waals surface area contributed by atoms with E-state index in [0.29, 0.717) is 34.9 Å². The third-order valence-corrected chi connectivity index (χ3v) is 8.07. The van der Waals surface area contributed by atoms with Crippen LogP contribution in [0.25, 0.3) is 10.9 Å². The lowest BCUT2D eigenvalue weighted by Crippen LogP contribution is -2.45. The fraction of sp³-hybridized carbons (Fsp3) is 0.333. The van der Waals surface area contributed by atoms with Crippen molar-refractivity contribution in [2.45, 2.75) is 49.1 Å². The number of aromatic amines is 1. The van der Waals surface area contributed by atoms with E-state index in [0.717, 1.165) is 18.9 Å². The number of H-pyrrole nitrogens is 1. The van der Waals surface area contributed by atoms with E-state index in [2.05, 4.69) is 9.71 Å². The van der Waals surface area contributed by atoms with Crippen molar-refractivity contribution in [1.29, 1.82) is 5.26 Å². The number of para-hydroxylation sites is 1. The van der Waals surface area contributed by atoms with Crippen molar-refractivity contribution in [1.82, 2.24) is 9.71 Å². The Balaban J connectivity index is 1.70. The number of nitrogens with two attached hydrogens (primary N) is 1. The highest BCUT2D eigenvalue weighted by atomic mass is 32.2. The fourth-order valence-electron chi connectivity index (χ4n) is 4.65. The third-order valence-electron chi connectivity index (χ3n) is 6.54. The van der Waals surface area contributed by atoms with Crippen LogP contribution in [0.1, 0.15) is 36.8 Å². The summed E-state index contributed by atoms with van der Waals surface area (Å²) < 4.78 is 29.2. The van der Waals surface area contributed by atoms with Crippen molar-refractivity contribution in [2.75, 3.05) is 0 Å². The van der Waals surface area contributed by atoms with Gasteiger partial charge in [-0.25, -0.2) is 13.1 Å². The average molecular weight is 496 g/mol. The second kappa shape index (κ2) is 9.95. The van der Waals surface area contributed by atoms with Crippen LogP contribution in [-0.4, -0.2) is 30.4 Å². The predicted molar refractivity (Wildman–Crippen MR) is 130 cm³/mol. The van der Waals surface area contributed by atoms with E-state index in [1.165, 1.54) is 18.2 Å². The van der Waals surface area contributed by atoms with Gasteiger partial charge in [-0.3, -0.25) is 14.9 Å². The summed E-state index contributed by atoms with van der Waals surface area (Å²) in [5.74, 6) is -0.0941. The molecule has 35 heavy (non-hydrogen) atoms. The monoisotopic (exact) mass is 495 g/mol. The van der Waals surface area contributed by atoms with Crippen LogP contribution in [0.3, 0.4) is 0 Å². The van der Waals surface area contributed by atoms with Crippen molar-refractivity contribution in [3.05, 3.63) is 80.1 Å². The normalized spacial score (nSPS) is 19.2. The Labute approximate surface area is 202 Å². The zero-order valence-electron chi connectivity index (χ0n) is 18.8. The second-order valence-electron chi connectivity index (χ2n) is 8.87. The Morgan fingerprint density at radius 1 is 1.17 bits per heavy atom. The number of rotatable bonds is 7. The highest BCUT2D eigenvalue weighted by molar-refractivity contribution is 7.89. The molecule has 0 bridgehead atoms. The highest BCUT2D eigenvalue weighted by Crippen LogP contribution is 2.30. The topological polar surface area (TPSA) is 172 Å². The van der Waals surface area contributed by atoms with Crippen molar-refractivity contribution < 1.29 is 13.3 Å². The van der Waals surface area contributed by atoms with Gasteiger partial charge < -0.3 is 10.7 Å². The van der Waals surface area contributed by atoms with Crippen LogP contribution in [0.4, 0.5) is 5.69 Å². The predicted octanol–water partition coefficient (Wildman–Crippen LogP) is 2.72. The van der Waals surface area contributed by atoms with Gasteiger partial charge in [0.05, 0.1) is 16.6 Å². The maximum absolute atomic E-state index is 13.3. The molecule has 2 aromatic carbocycles. The minimum atomic E-state index is -4.25. The lowest BCUT2D eigenvalue weighted by atomic mass is 9.80. The van der Waals surface area contributed by atoms with Gasteiger partial charge in [0.15, 0.2) is 4.90 Å². The Morgan fingerprint density at radius 2 is 1.89 bits per heavy atom. The number of fused-ring (bicyclic) bond motifs is 1. The zero-order chi connectivity index (χ0) is 25.2. The molecular weight excluding hydrogens is 470 g/mol. The summed E-state index contributed by atoms with van der Waals surface area (Å²) >= 11 is 0. The minimum Gasteiger partial charge on any atom is -0.328 e. The number of hydrogen-bond acceptors (Lipinski definition) is 7. The van der Waals surface area contributed by atoms with Crippen molar-refractivity contribution >= 4 is 26.6 Å². The molecule has 0 spiro atoms. The van der Waals surface area contributed by atoms with Crippen molar-refractivity contribution in [2.24, 2.45) is 11.7 Å². The number of nitro benzene ring substituents is 1. The van der Waals surface area contributed by atoms with Gasteiger partial charge in [0.1, 0.15) is 0 Å². The summed E-state index contributed by atoms with van der Waals surface area (Å²) in [5, 5.41) is 21.2. The van der Waals surface area contributed by atoms with E-state index in [1.807, 2.05) is 6.07 Å². The summed E-state index contributed by atoms with van der Waals surface area (Å²) in [4.78, 5) is 25.9. The number of nitrogens with zero attached hydrogens (tertiary/aromatic N) is 2. The van der Waals surface area contributed by atoms with Crippen LogP contribution >= 0.6 is 0 Å². The van der Waals surface area contributed by atoms with Gasteiger partial charge >= 0.3 is 0 Å². The molecule has 1 saturated carbocycles. The molecule has 0 saturated heterocycles. The van der Waals surface area contributed by atoms with Crippen LogP contribution in [-0.2, 0) is 16.4 Å². The van der Waals surface area contributed by atoms with E-state index < -0.39 is 31.6 Å². The van der Waals surface area contributed by atoms with Gasteiger partial charge in [-0.2, -0.15) is 5.26 Å². The smallest absolute Gasteiger partial charge is 0.289 e. The first-order valence-electron chi connectivity index (χ1n) is 11.3. The SMILES string of the molecule is N#Cc1ccc2cc(CC(NS(=O)(=O)c3ccccc3[N+](=O)[O-])[C@H]3CC[C@H](N)CC3)c(=O)[nH]c2c1. The zero-order valence-corrected chi connectivity index (χ0v) is 19.6. The molecule has 1 unspecified atom stereocenters. The third kappa shape index (κ3) is 5.40. The Morgan fingerprint density at radius 3 is 2.57 bits per heavy atom. The van der Waals surface area contributed by atoms with E-state index in [9.17, 15) is 23.3 Å². The Bertz CT molecular complexity index is 1470. The summed E-state index contributed by atoms with van der Waals surface area (Å²) in [6, 6.07) is 13.2. The number of pyridine rings is 1. The number of benzene rings is 2. The summed E-state index contributed by atoms with van der Waals surface area (Å²) in [6.07, 6.45) is 2.88. The van der Waals surface area contributed by atoms with Crippen LogP contribution in [0.5, 0.6) is 0 Å². The molecule has 1 aromatic heterocycles. The number of aromatic nitrogens is 1. The molecule has 3 aromatic rings. The Kier molecular flexibility index (Phi) is 6.98. The molecule has 4 rings (SSSR count). The van der Waals surface area contributed by atoms with E-state index in [-0.39, 0.29) is 23.9 Å². The van der Waals surface area contributed by atoms with Crippen LogP contribution in [0.15, 0.2) is 58.2 Å². The lowest BCUT2D eigenvalue weighted by Gasteiger charge is -2.33. The van der Waals surface area contributed by atoms with Gasteiger partial charge in [0.25, 0.3) is 11.2 Å². The second-order valence-corrected chi connectivity index (χ2v) is 10.6. The van der Waals surface area contributed by atoms with Gasteiger partial charge in [0.2, 0.25) is 10.0 Å². The standard InChI is InChI=1S/C24H25N5O5S/c25-14-15-5-6-17-12-18(24(30)27-20(17)11-15)13-21(16-7-9-19(26)10-8-16)28-35(33,34)23-4-2-1-3-22(23)29(31)32/h1-6,11-12,16,19,21,28H,7-10,13,26H2,(H,27,30)/t16-,19-,21?. The van der Waals surface area contributed by atoms with Gasteiger partial charge in [-0.1, -0.05) is 18.2 Å². The lowest BCUT2D eigenvalue weighted by molar-refractivity contribution is -0.387. The quantitative estimate of drug-likeness (QED) is 0.334. The molecule has 4 N–H and O–H groups in total. The van der Waals surface area contributed by atoms with Gasteiger partial charge in [-0.15, -0.1) is 0 Å². The maximum atomic E-state index is 13.3. The molecule has 1 atom stereocenters. The molecule has 1 heterocycles. The number of nitriles is 1. The summed E-state index contributed by atoms with van der Waals surface area (Å²) in [5.41, 5.74) is 6.45. The van der Waals surface area contributed by atoms with Crippen molar-refractivity contribution in [3.8, 4) is 6.07 Å². The maximum Gasteiger partial charge on any atom is 0.289 e. The first kappa shape index (κ1) is 24.5. The summed E-state index contributed by atoms with van der Waals surface area (Å²) in [6.45, 7) is 0. The molecule has 1 fully saturated rings. The van der Waals surface area contributed by atoms with E-state index in [4.69, 9.17) is 11.0 Å². The molecule has 0 amide bonds. The van der Waals surface area contributed by atoms with Gasteiger partial charge in [0, 0.05) is 29.2 Å². The van der Waals surface area contributed by atoms with E-state index in [1.54, 1.807) is 24.3 Å². The number of sulfonamides is 1.